The summed E-state index contributed by atoms with van der Waals surface area (Å²) in [6.07, 6.45) is 2.25. The quantitative estimate of drug-likeness (QED) is 0.478. The average Bonchev–Trinajstić information content (AvgIpc) is 2.16. The zero-order valence-corrected chi connectivity index (χ0v) is 11.0. The van der Waals surface area contributed by atoms with Crippen LogP contribution in [0.25, 0.3) is 0 Å². The van der Waals surface area contributed by atoms with Crippen LogP contribution < -0.4 is 4.74 Å². The van der Waals surface area contributed by atoms with Crippen LogP contribution in [0.2, 0.25) is 6.04 Å². The van der Waals surface area contributed by atoms with Gasteiger partial charge in [0.1, 0.15) is 5.75 Å². The van der Waals surface area contributed by atoms with E-state index < -0.39 is 6.00 Å². The molecule has 0 spiro atoms. The molecule has 0 saturated heterocycles. The molecule has 0 amide bonds. The highest BCUT2D eigenvalue weighted by Gasteiger charge is 2.24. The molecule has 6 heteroatoms. The van der Waals surface area contributed by atoms with Crippen molar-refractivity contribution >= 4 is 39.2 Å². The zero-order valence-electron chi connectivity index (χ0n) is 7.71. The van der Waals surface area contributed by atoms with Crippen molar-refractivity contribution in [2.45, 2.75) is 12.5 Å². The van der Waals surface area contributed by atoms with Crippen LogP contribution in [0, 0.1) is 11.5 Å². The van der Waals surface area contributed by atoms with Gasteiger partial charge in [0.15, 0.2) is 0 Å². The number of aryl methyl sites for hydroxylation is 1. The first-order valence-corrected chi connectivity index (χ1v) is 9.48. The average molecular weight is 281 g/mol. The van der Waals surface area contributed by atoms with Gasteiger partial charge in [-0.3, -0.25) is 0 Å². The molecule has 0 aromatic heterocycles. The summed E-state index contributed by atoms with van der Waals surface area (Å²) in [4.78, 5) is 0. The Balaban J connectivity index is 2.72. The van der Waals surface area contributed by atoms with Gasteiger partial charge < -0.3 is 4.74 Å². The molecule has 0 radical (unpaired) electrons. The molecule has 0 saturated carbocycles. The van der Waals surface area contributed by atoms with E-state index in [1.807, 2.05) is 12.1 Å². The summed E-state index contributed by atoms with van der Waals surface area (Å²) >= 11 is 17.3. The lowest BCUT2D eigenvalue weighted by molar-refractivity contribution is 0.501. The molecule has 0 aliphatic rings. The molecule has 0 aliphatic heterocycles. The minimum Gasteiger partial charge on any atom is -0.388 e. The normalized spacial score (nSPS) is 10.8. The van der Waals surface area contributed by atoms with Gasteiger partial charge in [-0.05, 0) is 24.1 Å². The number of hydrogen-bond acceptors (Lipinski definition) is 2. The van der Waals surface area contributed by atoms with Crippen LogP contribution >= 0.6 is 33.2 Å². The first-order chi connectivity index (χ1) is 7.03. The molecular formula is C9H8Cl3NOSi. The van der Waals surface area contributed by atoms with Crippen molar-refractivity contribution in [3.63, 3.8) is 0 Å². The highest BCUT2D eigenvalue weighted by atomic mass is 35.8. The highest BCUT2D eigenvalue weighted by molar-refractivity contribution is 7.64. The summed E-state index contributed by atoms with van der Waals surface area (Å²) in [5.41, 5.74) is 0.887. The van der Waals surface area contributed by atoms with Crippen LogP contribution in [-0.4, -0.2) is 6.00 Å². The fourth-order valence-corrected chi connectivity index (χ4v) is 2.54. The Kier molecular flexibility index (Phi) is 4.74. The second-order valence-corrected chi connectivity index (χ2v) is 12.2. The third-order valence-corrected chi connectivity index (χ3v) is 4.32. The third-order valence-electron chi connectivity index (χ3n) is 1.81. The summed E-state index contributed by atoms with van der Waals surface area (Å²) < 4.78 is 4.79. The lowest BCUT2D eigenvalue weighted by Gasteiger charge is -2.09. The van der Waals surface area contributed by atoms with Crippen molar-refractivity contribution in [2.75, 3.05) is 0 Å². The van der Waals surface area contributed by atoms with Gasteiger partial charge >= 0.3 is 6.00 Å². The number of halogens is 3. The second kappa shape index (κ2) is 5.62. The summed E-state index contributed by atoms with van der Waals surface area (Å²) in [5.74, 6) is 0.531. The SMILES string of the molecule is N#COc1ccccc1CC[Si](Cl)(Cl)Cl. The van der Waals surface area contributed by atoms with Crippen LogP contribution in [0.5, 0.6) is 5.75 Å². The first kappa shape index (κ1) is 12.7. The maximum Gasteiger partial charge on any atom is 0.341 e. The number of hydrogen-bond donors (Lipinski definition) is 0. The van der Waals surface area contributed by atoms with Gasteiger partial charge in [0.2, 0.25) is 0 Å². The number of ether oxygens (including phenoxy) is 1. The van der Waals surface area contributed by atoms with E-state index in [2.05, 4.69) is 0 Å². The number of para-hydroxylation sites is 1. The van der Waals surface area contributed by atoms with Crippen molar-refractivity contribution in [1.29, 1.82) is 5.26 Å². The number of rotatable bonds is 4. The first-order valence-electron chi connectivity index (χ1n) is 4.23. The predicted octanol–water partition coefficient (Wildman–Crippen LogP) is 3.74. The molecule has 0 fully saturated rings. The maximum atomic E-state index is 8.43. The van der Waals surface area contributed by atoms with Gasteiger partial charge in [0.25, 0.3) is 6.26 Å². The van der Waals surface area contributed by atoms with Gasteiger partial charge in [-0.25, -0.2) is 0 Å². The lowest BCUT2D eigenvalue weighted by Crippen LogP contribution is -2.10. The fraction of sp³-hybridized carbons (Fsp3) is 0.222. The molecule has 1 aromatic rings. The zero-order chi connectivity index (χ0) is 11.3. The smallest absolute Gasteiger partial charge is 0.341 e. The Morgan fingerprint density at radius 2 is 1.93 bits per heavy atom. The largest absolute Gasteiger partial charge is 0.388 e. The Labute approximate surface area is 103 Å². The van der Waals surface area contributed by atoms with Crippen molar-refractivity contribution < 1.29 is 4.74 Å². The van der Waals surface area contributed by atoms with E-state index in [9.17, 15) is 0 Å². The minimum atomic E-state index is -2.61. The maximum absolute atomic E-state index is 8.43. The topological polar surface area (TPSA) is 33.0 Å². The molecule has 0 bridgehead atoms. The van der Waals surface area contributed by atoms with Crippen LogP contribution in [0.15, 0.2) is 24.3 Å². The van der Waals surface area contributed by atoms with Crippen LogP contribution in [0.3, 0.4) is 0 Å². The van der Waals surface area contributed by atoms with E-state index in [-0.39, 0.29) is 0 Å². The van der Waals surface area contributed by atoms with Crippen molar-refractivity contribution in [2.24, 2.45) is 0 Å². The molecule has 1 rings (SSSR count). The molecule has 0 N–H and O–H groups in total. The molecular weight excluding hydrogens is 273 g/mol. The highest BCUT2D eigenvalue weighted by Crippen LogP contribution is 2.29. The number of nitrogens with zero attached hydrogens (tertiary/aromatic N) is 1. The van der Waals surface area contributed by atoms with Gasteiger partial charge in [-0.2, -0.15) is 0 Å². The predicted molar refractivity (Wildman–Crippen MR) is 64.5 cm³/mol. The summed E-state index contributed by atoms with van der Waals surface area (Å²) in [6.45, 7) is 0. The van der Waals surface area contributed by atoms with Crippen molar-refractivity contribution in [1.82, 2.24) is 0 Å². The molecule has 1 aromatic carbocycles. The minimum absolute atomic E-state index is 0.517. The molecule has 0 atom stereocenters. The van der Waals surface area contributed by atoms with E-state index in [0.717, 1.165) is 5.56 Å². The van der Waals surface area contributed by atoms with Gasteiger partial charge in [-0.15, -0.1) is 38.5 Å². The van der Waals surface area contributed by atoms with Gasteiger partial charge in [0, 0.05) is 0 Å². The fourth-order valence-electron chi connectivity index (χ4n) is 1.14. The summed E-state index contributed by atoms with van der Waals surface area (Å²) in [5, 5.41) is 8.43. The van der Waals surface area contributed by atoms with Crippen molar-refractivity contribution in [3.8, 4) is 12.0 Å². The Morgan fingerprint density at radius 1 is 1.27 bits per heavy atom. The Morgan fingerprint density at radius 3 is 2.53 bits per heavy atom. The molecule has 15 heavy (non-hydrogen) atoms. The second-order valence-electron chi connectivity index (χ2n) is 2.92. The Hall–Kier alpha value is -0.403. The lowest BCUT2D eigenvalue weighted by atomic mass is 10.1. The van der Waals surface area contributed by atoms with E-state index in [1.165, 1.54) is 0 Å². The van der Waals surface area contributed by atoms with Crippen LogP contribution in [0.4, 0.5) is 0 Å². The molecule has 80 valence electrons. The van der Waals surface area contributed by atoms with Crippen LogP contribution in [-0.2, 0) is 6.42 Å². The van der Waals surface area contributed by atoms with Gasteiger partial charge in [-0.1, -0.05) is 18.2 Å². The molecule has 0 aliphatic carbocycles. The monoisotopic (exact) mass is 279 g/mol. The van der Waals surface area contributed by atoms with Crippen molar-refractivity contribution in [3.05, 3.63) is 29.8 Å². The van der Waals surface area contributed by atoms with E-state index >= 15 is 0 Å². The molecule has 0 unspecified atom stereocenters. The summed E-state index contributed by atoms with van der Waals surface area (Å²) in [6, 6.07) is 5.14. The van der Waals surface area contributed by atoms with Crippen LogP contribution in [0.1, 0.15) is 5.56 Å². The Bertz CT molecular complexity index is 372. The van der Waals surface area contributed by atoms with Gasteiger partial charge in [0.05, 0.1) is 0 Å². The molecule has 0 heterocycles. The summed E-state index contributed by atoms with van der Waals surface area (Å²) in [7, 11) is 0. The third kappa shape index (κ3) is 4.76. The molecule has 2 nitrogen and oxygen atoms in total. The number of nitriles is 1. The number of benzene rings is 1. The van der Waals surface area contributed by atoms with E-state index in [4.69, 9.17) is 43.2 Å². The standard InChI is InChI=1S/C9H8Cl3NOSi/c10-15(11,12)6-5-8-3-1-2-4-9(8)14-7-13/h1-4H,5-6H2. The van der Waals surface area contributed by atoms with E-state index in [1.54, 1.807) is 18.4 Å². The van der Waals surface area contributed by atoms with E-state index in [0.29, 0.717) is 18.2 Å².